The highest BCUT2D eigenvalue weighted by Gasteiger charge is 2.05. The van der Waals surface area contributed by atoms with Gasteiger partial charge in [0.05, 0.1) is 10.4 Å². The summed E-state index contributed by atoms with van der Waals surface area (Å²) < 4.78 is 13.4. The van der Waals surface area contributed by atoms with E-state index < -0.39 is 5.82 Å². The Bertz CT molecular complexity index is 356. The van der Waals surface area contributed by atoms with Gasteiger partial charge >= 0.3 is 0 Å². The first-order valence-corrected chi connectivity index (χ1v) is 5.10. The molecular formula is C11H11Cl2F. The van der Waals surface area contributed by atoms with Gasteiger partial charge in [-0.05, 0) is 19.9 Å². The van der Waals surface area contributed by atoms with Gasteiger partial charge in [-0.1, -0.05) is 35.4 Å². The molecule has 0 amide bonds. The third kappa shape index (κ3) is 2.73. The first-order chi connectivity index (χ1) is 6.52. The van der Waals surface area contributed by atoms with E-state index in [4.69, 9.17) is 23.2 Å². The van der Waals surface area contributed by atoms with Crippen LogP contribution in [0.25, 0.3) is 6.08 Å². The quantitative estimate of drug-likeness (QED) is 0.659. The zero-order valence-corrected chi connectivity index (χ0v) is 9.53. The minimum absolute atomic E-state index is 0.103. The van der Waals surface area contributed by atoms with Crippen molar-refractivity contribution in [3.05, 3.63) is 40.2 Å². The smallest absolute Gasteiger partial charge is 0.148 e. The molecule has 1 unspecified atom stereocenters. The molecule has 0 radical (unpaired) electrons. The van der Waals surface area contributed by atoms with Crippen molar-refractivity contribution in [3.8, 4) is 0 Å². The van der Waals surface area contributed by atoms with E-state index in [0.29, 0.717) is 5.56 Å². The van der Waals surface area contributed by atoms with Crippen molar-refractivity contribution in [2.75, 3.05) is 0 Å². The lowest BCUT2D eigenvalue weighted by molar-refractivity contribution is 0.625. The van der Waals surface area contributed by atoms with Crippen LogP contribution in [0.2, 0.25) is 5.02 Å². The van der Waals surface area contributed by atoms with E-state index in [0.717, 1.165) is 5.57 Å². The maximum Gasteiger partial charge on any atom is 0.148 e. The Hall–Kier alpha value is -0.530. The average Bonchev–Trinajstić information content (AvgIpc) is 2.12. The molecule has 0 aliphatic heterocycles. The lowest BCUT2D eigenvalue weighted by Crippen LogP contribution is -1.93. The molecule has 1 aromatic rings. The number of halogens is 3. The van der Waals surface area contributed by atoms with Crippen molar-refractivity contribution in [2.45, 2.75) is 19.2 Å². The number of allylic oxidation sites excluding steroid dienone is 1. The fraction of sp³-hybridized carbons (Fsp3) is 0.273. The summed E-state index contributed by atoms with van der Waals surface area (Å²) >= 11 is 11.5. The van der Waals surface area contributed by atoms with Crippen LogP contribution in [0.3, 0.4) is 0 Å². The van der Waals surface area contributed by atoms with Crippen molar-refractivity contribution >= 4 is 29.3 Å². The molecule has 14 heavy (non-hydrogen) atoms. The van der Waals surface area contributed by atoms with Gasteiger partial charge in [0, 0.05) is 5.56 Å². The molecule has 0 aromatic heterocycles. The van der Waals surface area contributed by atoms with Gasteiger partial charge in [0.2, 0.25) is 0 Å². The lowest BCUT2D eigenvalue weighted by Gasteiger charge is -2.04. The third-order valence-corrected chi connectivity index (χ3v) is 2.63. The molecule has 1 rings (SSSR count). The van der Waals surface area contributed by atoms with Crippen LogP contribution in [0.1, 0.15) is 19.4 Å². The SMILES string of the molecule is C/C(=C\c1cccc(Cl)c1F)C(C)Cl. The molecule has 1 atom stereocenters. The van der Waals surface area contributed by atoms with E-state index in [1.54, 1.807) is 18.2 Å². The van der Waals surface area contributed by atoms with Gasteiger partial charge in [0.15, 0.2) is 0 Å². The molecule has 0 bridgehead atoms. The summed E-state index contributed by atoms with van der Waals surface area (Å²) in [6.07, 6.45) is 1.71. The van der Waals surface area contributed by atoms with Gasteiger partial charge in [-0.15, -0.1) is 11.6 Å². The Balaban J connectivity index is 3.09. The van der Waals surface area contributed by atoms with Crippen LogP contribution in [0, 0.1) is 5.82 Å². The van der Waals surface area contributed by atoms with Gasteiger partial charge in [0.25, 0.3) is 0 Å². The third-order valence-electron chi connectivity index (χ3n) is 1.99. The van der Waals surface area contributed by atoms with Gasteiger partial charge in [0.1, 0.15) is 5.82 Å². The second-order valence-corrected chi connectivity index (χ2v) is 4.21. The van der Waals surface area contributed by atoms with Crippen LogP contribution < -0.4 is 0 Å². The maximum absolute atomic E-state index is 13.4. The molecule has 0 nitrogen and oxygen atoms in total. The Labute approximate surface area is 93.3 Å². The van der Waals surface area contributed by atoms with Crippen LogP contribution in [-0.2, 0) is 0 Å². The van der Waals surface area contributed by atoms with Crippen LogP contribution in [-0.4, -0.2) is 5.38 Å². The van der Waals surface area contributed by atoms with Crippen molar-refractivity contribution in [1.82, 2.24) is 0 Å². The van der Waals surface area contributed by atoms with Gasteiger partial charge in [-0.2, -0.15) is 0 Å². The maximum atomic E-state index is 13.4. The zero-order chi connectivity index (χ0) is 10.7. The Morgan fingerprint density at radius 1 is 1.50 bits per heavy atom. The van der Waals surface area contributed by atoms with E-state index in [1.807, 2.05) is 13.8 Å². The highest BCUT2D eigenvalue weighted by Crippen LogP contribution is 2.21. The van der Waals surface area contributed by atoms with Gasteiger partial charge in [-0.25, -0.2) is 4.39 Å². The second kappa shape index (κ2) is 4.81. The Morgan fingerprint density at radius 3 is 2.71 bits per heavy atom. The Morgan fingerprint density at radius 2 is 2.14 bits per heavy atom. The first kappa shape index (κ1) is 11.5. The highest BCUT2D eigenvalue weighted by molar-refractivity contribution is 6.30. The molecule has 0 spiro atoms. The van der Waals surface area contributed by atoms with Crippen molar-refractivity contribution in [3.63, 3.8) is 0 Å². The minimum atomic E-state index is -0.397. The van der Waals surface area contributed by atoms with Gasteiger partial charge in [-0.3, -0.25) is 0 Å². The molecule has 0 saturated heterocycles. The molecule has 1 aromatic carbocycles. The molecule has 0 heterocycles. The number of hydrogen-bond acceptors (Lipinski definition) is 0. The van der Waals surface area contributed by atoms with E-state index >= 15 is 0 Å². The monoisotopic (exact) mass is 232 g/mol. The van der Waals surface area contributed by atoms with Crippen molar-refractivity contribution in [2.24, 2.45) is 0 Å². The standard InChI is InChI=1S/C11H11Cl2F/c1-7(8(2)12)6-9-4-3-5-10(13)11(9)14/h3-6,8H,1-2H3/b7-6+. The van der Waals surface area contributed by atoms with E-state index in [1.165, 1.54) is 6.07 Å². The van der Waals surface area contributed by atoms with Crippen LogP contribution in [0.15, 0.2) is 23.8 Å². The summed E-state index contributed by atoms with van der Waals surface area (Å²) in [7, 11) is 0. The van der Waals surface area contributed by atoms with Crippen LogP contribution in [0.4, 0.5) is 4.39 Å². The first-order valence-electron chi connectivity index (χ1n) is 4.28. The van der Waals surface area contributed by atoms with Crippen molar-refractivity contribution in [1.29, 1.82) is 0 Å². The summed E-state index contributed by atoms with van der Waals surface area (Å²) in [5.74, 6) is -0.397. The predicted molar refractivity (Wildman–Crippen MR) is 60.4 cm³/mol. The number of rotatable bonds is 2. The Kier molecular flexibility index (Phi) is 3.97. The molecule has 0 saturated carbocycles. The summed E-state index contributed by atoms with van der Waals surface area (Å²) in [4.78, 5) is 0. The van der Waals surface area contributed by atoms with E-state index in [2.05, 4.69) is 0 Å². The molecule has 0 N–H and O–H groups in total. The molecule has 0 fully saturated rings. The summed E-state index contributed by atoms with van der Waals surface area (Å²) in [5, 5.41) is 0.0298. The van der Waals surface area contributed by atoms with Gasteiger partial charge < -0.3 is 0 Å². The fourth-order valence-electron chi connectivity index (χ4n) is 0.992. The molecular weight excluding hydrogens is 222 g/mol. The zero-order valence-electron chi connectivity index (χ0n) is 8.02. The summed E-state index contributed by atoms with van der Waals surface area (Å²) in [6, 6.07) is 4.90. The molecule has 76 valence electrons. The minimum Gasteiger partial charge on any atom is -0.205 e. The highest BCUT2D eigenvalue weighted by atomic mass is 35.5. The van der Waals surface area contributed by atoms with E-state index in [9.17, 15) is 4.39 Å². The molecule has 0 aliphatic rings. The predicted octanol–water partition coefficient (Wildman–Crippen LogP) is 4.51. The summed E-state index contributed by atoms with van der Waals surface area (Å²) in [6.45, 7) is 3.70. The van der Waals surface area contributed by atoms with E-state index in [-0.39, 0.29) is 10.4 Å². The van der Waals surface area contributed by atoms with Crippen LogP contribution >= 0.6 is 23.2 Å². The van der Waals surface area contributed by atoms with Crippen LogP contribution in [0.5, 0.6) is 0 Å². The molecule has 3 heteroatoms. The van der Waals surface area contributed by atoms with Crippen molar-refractivity contribution < 1.29 is 4.39 Å². The lowest BCUT2D eigenvalue weighted by atomic mass is 10.1. The molecule has 0 aliphatic carbocycles. The summed E-state index contributed by atoms with van der Waals surface area (Å²) in [5.41, 5.74) is 1.38. The largest absolute Gasteiger partial charge is 0.205 e. The number of hydrogen-bond donors (Lipinski definition) is 0. The number of alkyl halides is 1. The fourth-order valence-corrected chi connectivity index (χ4v) is 1.24. The topological polar surface area (TPSA) is 0 Å². The second-order valence-electron chi connectivity index (χ2n) is 3.15. The normalized spacial score (nSPS) is 14.2. The number of benzene rings is 1. The average molecular weight is 233 g/mol.